The summed E-state index contributed by atoms with van der Waals surface area (Å²) >= 11 is 0. The number of rotatable bonds is 4. The fourth-order valence-corrected chi connectivity index (χ4v) is 3.22. The van der Waals surface area contributed by atoms with Crippen LogP contribution < -0.4 is 0 Å². The second-order valence-corrected chi connectivity index (χ2v) is 6.00. The van der Waals surface area contributed by atoms with E-state index >= 15 is 0 Å². The lowest BCUT2D eigenvalue weighted by molar-refractivity contribution is -0.144. The Kier molecular flexibility index (Phi) is 4.54. The van der Waals surface area contributed by atoms with Crippen molar-refractivity contribution in [1.29, 1.82) is 0 Å². The molecule has 0 heterocycles. The zero-order valence-corrected chi connectivity index (χ0v) is 12.4. The summed E-state index contributed by atoms with van der Waals surface area (Å²) in [5, 5.41) is 2.32. The summed E-state index contributed by atoms with van der Waals surface area (Å²) in [7, 11) is 0. The molecule has 2 aromatic carbocycles. The van der Waals surface area contributed by atoms with Crippen molar-refractivity contribution in [2.75, 3.05) is 6.61 Å². The Bertz CT molecular complexity index is 606. The highest BCUT2D eigenvalue weighted by molar-refractivity contribution is 5.88. The molecular weight excluding hydrogens is 260 g/mol. The molecule has 110 valence electrons. The summed E-state index contributed by atoms with van der Waals surface area (Å²) in [6, 6.07) is 14.3. The molecule has 1 aliphatic carbocycles. The first-order valence-corrected chi connectivity index (χ1v) is 7.95. The first-order valence-electron chi connectivity index (χ1n) is 7.95. The van der Waals surface area contributed by atoms with Gasteiger partial charge >= 0.3 is 5.97 Å². The van der Waals surface area contributed by atoms with E-state index in [1.54, 1.807) is 0 Å². The van der Waals surface area contributed by atoms with E-state index in [4.69, 9.17) is 4.74 Å². The second-order valence-electron chi connectivity index (χ2n) is 6.00. The Morgan fingerprint density at radius 3 is 2.62 bits per heavy atom. The molecule has 2 aromatic rings. The lowest BCUT2D eigenvalue weighted by Crippen LogP contribution is -2.17. The van der Waals surface area contributed by atoms with Crippen LogP contribution in [-0.2, 0) is 16.0 Å². The fraction of sp³-hybridized carbons (Fsp3) is 0.421. The standard InChI is InChI=1S/C19H22O2/c20-19(21-14-15-7-2-1-3-8-15)13-17-11-6-10-16-9-4-5-12-18(16)17/h4-6,9-12,15H,1-3,7-8,13-14H2. The highest BCUT2D eigenvalue weighted by Gasteiger charge is 2.16. The van der Waals surface area contributed by atoms with Crippen molar-refractivity contribution in [2.24, 2.45) is 5.92 Å². The van der Waals surface area contributed by atoms with E-state index in [0.717, 1.165) is 10.9 Å². The summed E-state index contributed by atoms with van der Waals surface area (Å²) in [6.07, 6.45) is 6.69. The molecule has 0 bridgehead atoms. The quantitative estimate of drug-likeness (QED) is 0.771. The summed E-state index contributed by atoms with van der Waals surface area (Å²) in [6.45, 7) is 0.601. The average Bonchev–Trinajstić information content (AvgIpc) is 2.54. The fourth-order valence-electron chi connectivity index (χ4n) is 3.22. The van der Waals surface area contributed by atoms with Crippen molar-refractivity contribution >= 4 is 16.7 Å². The molecule has 0 atom stereocenters. The first kappa shape index (κ1) is 14.1. The Labute approximate surface area is 126 Å². The van der Waals surface area contributed by atoms with Gasteiger partial charge in [-0.3, -0.25) is 4.79 Å². The Hall–Kier alpha value is -1.83. The van der Waals surface area contributed by atoms with E-state index in [2.05, 4.69) is 18.2 Å². The van der Waals surface area contributed by atoms with Crippen molar-refractivity contribution in [3.05, 3.63) is 48.0 Å². The van der Waals surface area contributed by atoms with Crippen LogP contribution in [0.4, 0.5) is 0 Å². The Morgan fingerprint density at radius 1 is 1.00 bits per heavy atom. The predicted octanol–water partition coefficient (Wildman–Crippen LogP) is 4.51. The third kappa shape index (κ3) is 3.63. The average molecular weight is 282 g/mol. The van der Waals surface area contributed by atoms with Crippen LogP contribution >= 0.6 is 0 Å². The molecule has 0 saturated heterocycles. The molecule has 2 heteroatoms. The van der Waals surface area contributed by atoms with E-state index in [-0.39, 0.29) is 5.97 Å². The molecule has 0 radical (unpaired) electrons. The largest absolute Gasteiger partial charge is 0.465 e. The third-order valence-corrected chi connectivity index (χ3v) is 4.42. The third-order valence-electron chi connectivity index (χ3n) is 4.42. The molecule has 1 fully saturated rings. The Morgan fingerprint density at radius 2 is 1.76 bits per heavy atom. The van der Waals surface area contributed by atoms with Crippen LogP contribution in [0.5, 0.6) is 0 Å². The highest BCUT2D eigenvalue weighted by atomic mass is 16.5. The molecule has 2 nitrogen and oxygen atoms in total. The van der Waals surface area contributed by atoms with Gasteiger partial charge in [0, 0.05) is 0 Å². The monoisotopic (exact) mass is 282 g/mol. The van der Waals surface area contributed by atoms with Gasteiger partial charge in [-0.25, -0.2) is 0 Å². The van der Waals surface area contributed by atoms with Crippen molar-refractivity contribution in [1.82, 2.24) is 0 Å². The number of carbonyl (C=O) groups excluding carboxylic acids is 1. The number of hydrogen-bond acceptors (Lipinski definition) is 2. The molecule has 0 aliphatic heterocycles. The van der Waals surface area contributed by atoms with Crippen molar-refractivity contribution < 1.29 is 9.53 Å². The van der Waals surface area contributed by atoms with Crippen molar-refractivity contribution in [3.8, 4) is 0 Å². The van der Waals surface area contributed by atoms with Gasteiger partial charge in [0.05, 0.1) is 13.0 Å². The van der Waals surface area contributed by atoms with Gasteiger partial charge in [0.25, 0.3) is 0 Å². The van der Waals surface area contributed by atoms with Gasteiger partial charge in [0.15, 0.2) is 0 Å². The van der Waals surface area contributed by atoms with Crippen LogP contribution in [0.25, 0.3) is 10.8 Å². The summed E-state index contributed by atoms with van der Waals surface area (Å²) in [4.78, 5) is 12.1. The van der Waals surface area contributed by atoms with Gasteiger partial charge in [-0.15, -0.1) is 0 Å². The number of carbonyl (C=O) groups is 1. The summed E-state index contributed by atoms with van der Waals surface area (Å²) in [5.41, 5.74) is 1.06. The molecule has 1 aliphatic rings. The molecule has 0 aromatic heterocycles. The molecule has 0 N–H and O–H groups in total. The molecular formula is C19H22O2. The zero-order chi connectivity index (χ0) is 14.5. The molecule has 3 rings (SSSR count). The minimum Gasteiger partial charge on any atom is -0.465 e. The maximum Gasteiger partial charge on any atom is 0.310 e. The first-order chi connectivity index (χ1) is 10.3. The van der Waals surface area contributed by atoms with Crippen LogP contribution in [0, 0.1) is 5.92 Å². The predicted molar refractivity (Wildman–Crippen MR) is 85.2 cm³/mol. The zero-order valence-electron chi connectivity index (χ0n) is 12.4. The van der Waals surface area contributed by atoms with Crippen LogP contribution in [0.2, 0.25) is 0 Å². The smallest absolute Gasteiger partial charge is 0.310 e. The number of ether oxygens (including phenoxy) is 1. The van der Waals surface area contributed by atoms with Gasteiger partial charge in [-0.2, -0.15) is 0 Å². The van der Waals surface area contributed by atoms with Gasteiger partial charge in [0.2, 0.25) is 0 Å². The van der Waals surface area contributed by atoms with Crippen LogP contribution in [0.1, 0.15) is 37.7 Å². The molecule has 0 spiro atoms. The number of hydrogen-bond donors (Lipinski definition) is 0. The number of esters is 1. The SMILES string of the molecule is O=C(Cc1cccc2ccccc12)OCC1CCCCC1. The number of fused-ring (bicyclic) bond motifs is 1. The second kappa shape index (κ2) is 6.75. The molecule has 0 unspecified atom stereocenters. The summed E-state index contributed by atoms with van der Waals surface area (Å²) < 4.78 is 5.50. The molecule has 1 saturated carbocycles. The summed E-state index contributed by atoms with van der Waals surface area (Å²) in [5.74, 6) is 0.479. The van der Waals surface area contributed by atoms with Crippen LogP contribution in [0.3, 0.4) is 0 Å². The van der Waals surface area contributed by atoms with Gasteiger partial charge < -0.3 is 4.74 Å². The van der Waals surface area contributed by atoms with Crippen molar-refractivity contribution in [2.45, 2.75) is 38.5 Å². The van der Waals surface area contributed by atoms with Crippen molar-refractivity contribution in [3.63, 3.8) is 0 Å². The van der Waals surface area contributed by atoms with Gasteiger partial charge in [0.1, 0.15) is 0 Å². The maximum absolute atomic E-state index is 12.1. The molecule has 21 heavy (non-hydrogen) atoms. The number of benzene rings is 2. The van der Waals surface area contributed by atoms with Gasteiger partial charge in [-0.05, 0) is 35.1 Å². The topological polar surface area (TPSA) is 26.3 Å². The van der Waals surface area contributed by atoms with Crippen LogP contribution in [0.15, 0.2) is 42.5 Å². The molecule has 0 amide bonds. The lowest BCUT2D eigenvalue weighted by Gasteiger charge is -2.21. The van der Waals surface area contributed by atoms with Crippen LogP contribution in [-0.4, -0.2) is 12.6 Å². The van der Waals surface area contributed by atoms with E-state index in [9.17, 15) is 4.79 Å². The van der Waals surface area contributed by atoms with E-state index in [1.165, 1.54) is 37.5 Å². The maximum atomic E-state index is 12.1. The van der Waals surface area contributed by atoms with E-state index in [0.29, 0.717) is 18.9 Å². The normalized spacial score (nSPS) is 16.0. The van der Waals surface area contributed by atoms with E-state index in [1.807, 2.05) is 24.3 Å². The Balaban J connectivity index is 1.61. The minimum absolute atomic E-state index is 0.100. The minimum atomic E-state index is -0.100. The van der Waals surface area contributed by atoms with E-state index < -0.39 is 0 Å². The lowest BCUT2D eigenvalue weighted by atomic mass is 9.90. The van der Waals surface area contributed by atoms with Gasteiger partial charge in [-0.1, -0.05) is 61.7 Å². The highest BCUT2D eigenvalue weighted by Crippen LogP contribution is 2.24.